The SMILES string of the molecule is CC1=C(C(=O)Nc2cccc(C)c2)C(c2ccc(Br)cc2)n2nc(SCc3ccccc3)nc2N1. The number of allylic oxidation sites excluding steroid dienone is 1. The molecule has 0 saturated heterocycles. The van der Waals surface area contributed by atoms with Gasteiger partial charge >= 0.3 is 0 Å². The molecule has 35 heavy (non-hydrogen) atoms. The maximum Gasteiger partial charge on any atom is 0.255 e. The minimum Gasteiger partial charge on any atom is -0.328 e. The predicted octanol–water partition coefficient (Wildman–Crippen LogP) is 6.57. The summed E-state index contributed by atoms with van der Waals surface area (Å²) in [4.78, 5) is 18.3. The fourth-order valence-corrected chi connectivity index (χ4v) is 5.13. The number of fused-ring (bicyclic) bond motifs is 1. The molecule has 0 saturated carbocycles. The fourth-order valence-electron chi connectivity index (χ4n) is 4.08. The van der Waals surface area contributed by atoms with Gasteiger partial charge in [-0.05, 0) is 54.8 Å². The minimum absolute atomic E-state index is 0.173. The zero-order chi connectivity index (χ0) is 24.4. The molecular formula is C27H24BrN5OS. The first kappa shape index (κ1) is 23.4. The van der Waals surface area contributed by atoms with Crippen LogP contribution in [0.15, 0.2) is 99.8 Å². The van der Waals surface area contributed by atoms with Crippen LogP contribution in [0.3, 0.4) is 0 Å². The molecule has 4 aromatic rings. The largest absolute Gasteiger partial charge is 0.328 e. The number of hydrogen-bond donors (Lipinski definition) is 2. The highest BCUT2D eigenvalue weighted by molar-refractivity contribution is 9.10. The summed E-state index contributed by atoms with van der Waals surface area (Å²) < 4.78 is 2.79. The Balaban J connectivity index is 1.49. The first-order valence-electron chi connectivity index (χ1n) is 11.2. The molecular weight excluding hydrogens is 522 g/mol. The molecule has 1 aliphatic rings. The Morgan fingerprint density at radius 3 is 2.57 bits per heavy atom. The first-order valence-corrected chi connectivity index (χ1v) is 13.0. The van der Waals surface area contributed by atoms with Crippen LogP contribution in [-0.4, -0.2) is 20.7 Å². The Hall–Kier alpha value is -3.36. The average Bonchev–Trinajstić information content (AvgIpc) is 3.25. The van der Waals surface area contributed by atoms with E-state index in [9.17, 15) is 4.79 Å². The second kappa shape index (κ2) is 10.1. The van der Waals surface area contributed by atoms with Gasteiger partial charge in [-0.15, -0.1) is 5.10 Å². The molecule has 5 rings (SSSR count). The normalized spacial score (nSPS) is 14.9. The molecule has 0 fully saturated rings. The predicted molar refractivity (Wildman–Crippen MR) is 144 cm³/mol. The van der Waals surface area contributed by atoms with Crippen molar-refractivity contribution in [3.8, 4) is 0 Å². The summed E-state index contributed by atoms with van der Waals surface area (Å²) in [6.45, 7) is 3.91. The quantitative estimate of drug-likeness (QED) is 0.268. The van der Waals surface area contributed by atoms with E-state index in [2.05, 4.69) is 38.7 Å². The highest BCUT2D eigenvalue weighted by Gasteiger charge is 2.34. The van der Waals surface area contributed by atoms with E-state index in [0.717, 1.165) is 32.7 Å². The number of halogens is 1. The summed E-state index contributed by atoms with van der Waals surface area (Å²) >= 11 is 5.09. The monoisotopic (exact) mass is 545 g/mol. The van der Waals surface area contributed by atoms with Crippen molar-refractivity contribution in [2.24, 2.45) is 0 Å². The second-order valence-electron chi connectivity index (χ2n) is 8.38. The number of amides is 1. The third-order valence-electron chi connectivity index (χ3n) is 5.75. The van der Waals surface area contributed by atoms with E-state index in [1.54, 1.807) is 11.8 Å². The van der Waals surface area contributed by atoms with E-state index in [1.165, 1.54) is 5.56 Å². The van der Waals surface area contributed by atoms with Crippen LogP contribution in [0.4, 0.5) is 11.6 Å². The topological polar surface area (TPSA) is 71.8 Å². The van der Waals surface area contributed by atoms with Gasteiger partial charge in [0.25, 0.3) is 5.91 Å². The lowest BCUT2D eigenvalue weighted by Crippen LogP contribution is -2.31. The number of carbonyl (C=O) groups is 1. The van der Waals surface area contributed by atoms with Crippen LogP contribution >= 0.6 is 27.7 Å². The van der Waals surface area contributed by atoms with Gasteiger partial charge in [-0.1, -0.05) is 82.3 Å². The Morgan fingerprint density at radius 2 is 1.83 bits per heavy atom. The Kier molecular flexibility index (Phi) is 6.74. The average molecular weight is 546 g/mol. The molecule has 6 nitrogen and oxygen atoms in total. The molecule has 1 aliphatic heterocycles. The van der Waals surface area contributed by atoms with Crippen LogP contribution in [0, 0.1) is 6.92 Å². The van der Waals surface area contributed by atoms with Crippen LogP contribution in [-0.2, 0) is 10.5 Å². The minimum atomic E-state index is -0.414. The number of rotatable bonds is 6. The van der Waals surface area contributed by atoms with Crippen LogP contribution in [0.1, 0.15) is 29.7 Å². The standard InChI is InChI=1S/C27H24BrN5OS/c1-17-7-6-10-22(15-17)30-25(34)23-18(2)29-26-31-27(35-16-19-8-4-3-5-9-19)32-33(26)24(23)20-11-13-21(28)14-12-20/h3-15,24H,16H2,1-2H3,(H,30,34)(H,29,31,32). The van der Waals surface area contributed by atoms with Gasteiger partial charge in [0.15, 0.2) is 0 Å². The molecule has 2 N–H and O–H groups in total. The molecule has 0 radical (unpaired) electrons. The highest BCUT2D eigenvalue weighted by atomic mass is 79.9. The lowest BCUT2D eigenvalue weighted by molar-refractivity contribution is -0.113. The zero-order valence-corrected chi connectivity index (χ0v) is 21.7. The number of aromatic nitrogens is 3. The van der Waals surface area contributed by atoms with Crippen molar-refractivity contribution in [2.45, 2.75) is 30.8 Å². The number of aryl methyl sites for hydroxylation is 1. The maximum atomic E-state index is 13.6. The van der Waals surface area contributed by atoms with Gasteiger partial charge in [0, 0.05) is 21.6 Å². The molecule has 1 atom stereocenters. The van der Waals surface area contributed by atoms with Gasteiger partial charge in [0.2, 0.25) is 11.1 Å². The molecule has 8 heteroatoms. The van der Waals surface area contributed by atoms with Gasteiger partial charge in [-0.3, -0.25) is 4.79 Å². The number of nitrogens with one attached hydrogen (secondary N) is 2. The van der Waals surface area contributed by atoms with Crippen molar-refractivity contribution in [3.63, 3.8) is 0 Å². The van der Waals surface area contributed by atoms with Crippen molar-refractivity contribution in [2.75, 3.05) is 10.6 Å². The van der Waals surface area contributed by atoms with Crippen molar-refractivity contribution in [1.82, 2.24) is 14.8 Å². The first-order chi connectivity index (χ1) is 17.0. The van der Waals surface area contributed by atoms with Gasteiger partial charge < -0.3 is 10.6 Å². The number of carbonyl (C=O) groups excluding carboxylic acids is 1. The Morgan fingerprint density at radius 1 is 1.06 bits per heavy atom. The molecule has 1 aromatic heterocycles. The van der Waals surface area contributed by atoms with E-state index in [-0.39, 0.29) is 5.91 Å². The molecule has 0 bridgehead atoms. The molecule has 0 spiro atoms. The second-order valence-corrected chi connectivity index (χ2v) is 10.2. The number of hydrogen-bond acceptors (Lipinski definition) is 5. The van der Waals surface area contributed by atoms with E-state index in [0.29, 0.717) is 16.7 Å². The van der Waals surface area contributed by atoms with Crippen molar-refractivity contribution < 1.29 is 4.79 Å². The van der Waals surface area contributed by atoms with E-state index >= 15 is 0 Å². The summed E-state index contributed by atoms with van der Waals surface area (Å²) in [6, 6.07) is 25.6. The smallest absolute Gasteiger partial charge is 0.255 e. The van der Waals surface area contributed by atoms with Crippen LogP contribution in [0.5, 0.6) is 0 Å². The summed E-state index contributed by atoms with van der Waals surface area (Å²) in [6.07, 6.45) is 0. The summed E-state index contributed by atoms with van der Waals surface area (Å²) in [5.74, 6) is 1.21. The van der Waals surface area contributed by atoms with Crippen LogP contribution in [0.2, 0.25) is 0 Å². The van der Waals surface area contributed by atoms with Gasteiger partial charge in [-0.25, -0.2) is 4.68 Å². The summed E-state index contributed by atoms with van der Waals surface area (Å²) in [5.41, 5.74) is 5.35. The van der Waals surface area contributed by atoms with Gasteiger partial charge in [0.05, 0.1) is 5.57 Å². The van der Waals surface area contributed by atoms with Crippen LogP contribution in [0.25, 0.3) is 0 Å². The summed E-state index contributed by atoms with van der Waals surface area (Å²) in [5, 5.41) is 11.8. The number of nitrogens with zero attached hydrogens (tertiary/aromatic N) is 3. The van der Waals surface area contributed by atoms with E-state index < -0.39 is 6.04 Å². The Labute approximate surface area is 217 Å². The third-order valence-corrected chi connectivity index (χ3v) is 7.19. The molecule has 2 heterocycles. The van der Waals surface area contributed by atoms with Crippen molar-refractivity contribution in [3.05, 3.63) is 111 Å². The van der Waals surface area contributed by atoms with Gasteiger partial charge in [0.1, 0.15) is 6.04 Å². The highest BCUT2D eigenvalue weighted by Crippen LogP contribution is 2.37. The molecule has 176 valence electrons. The lowest BCUT2D eigenvalue weighted by atomic mass is 9.95. The van der Waals surface area contributed by atoms with Crippen molar-refractivity contribution >= 4 is 45.2 Å². The van der Waals surface area contributed by atoms with Gasteiger partial charge in [-0.2, -0.15) is 4.98 Å². The zero-order valence-electron chi connectivity index (χ0n) is 19.3. The van der Waals surface area contributed by atoms with Crippen LogP contribution < -0.4 is 10.6 Å². The fraction of sp³-hybridized carbons (Fsp3) is 0.148. The lowest BCUT2D eigenvalue weighted by Gasteiger charge is -2.28. The summed E-state index contributed by atoms with van der Waals surface area (Å²) in [7, 11) is 0. The Bertz CT molecular complexity index is 1400. The molecule has 3 aromatic carbocycles. The van der Waals surface area contributed by atoms with E-state index in [4.69, 9.17) is 10.1 Å². The molecule has 1 unspecified atom stereocenters. The molecule has 0 aliphatic carbocycles. The third kappa shape index (κ3) is 5.18. The number of anilines is 2. The van der Waals surface area contributed by atoms with E-state index in [1.807, 2.05) is 85.3 Å². The number of thioether (sulfide) groups is 1. The number of benzene rings is 3. The molecule has 1 amide bonds. The van der Waals surface area contributed by atoms with Crippen molar-refractivity contribution in [1.29, 1.82) is 0 Å². The maximum absolute atomic E-state index is 13.6.